The van der Waals surface area contributed by atoms with Gasteiger partial charge in [-0.1, -0.05) is 12.1 Å². The van der Waals surface area contributed by atoms with Crippen LogP contribution in [0.2, 0.25) is 0 Å². The van der Waals surface area contributed by atoms with Crippen molar-refractivity contribution in [2.24, 2.45) is 0 Å². The highest BCUT2D eigenvalue weighted by Gasteiger charge is 2.61. The molecule has 2 atom stereocenters. The summed E-state index contributed by atoms with van der Waals surface area (Å²) in [5, 5.41) is 41.7. The monoisotopic (exact) mass is 390 g/mol. The predicted molar refractivity (Wildman–Crippen MR) is 97.6 cm³/mol. The SMILES string of the molecule is COc1cc(C[C@@]2(O)COC(=O)[C@]2(O)Cc2ccc(O)c(OC)c2)ccc1O. The third kappa shape index (κ3) is 3.32. The summed E-state index contributed by atoms with van der Waals surface area (Å²) in [6.07, 6.45) is -0.352. The third-order valence-electron chi connectivity index (χ3n) is 4.99. The lowest BCUT2D eigenvalue weighted by Crippen LogP contribution is -2.58. The zero-order chi connectivity index (χ0) is 20.5. The summed E-state index contributed by atoms with van der Waals surface area (Å²) < 4.78 is 15.1. The maximum Gasteiger partial charge on any atom is 0.341 e. The van der Waals surface area contributed by atoms with Crippen LogP contribution in [0.25, 0.3) is 0 Å². The summed E-state index contributed by atoms with van der Waals surface area (Å²) in [5.74, 6) is -0.702. The Morgan fingerprint density at radius 1 is 0.929 bits per heavy atom. The van der Waals surface area contributed by atoms with Gasteiger partial charge in [0, 0.05) is 12.8 Å². The van der Waals surface area contributed by atoms with Gasteiger partial charge in [-0.15, -0.1) is 0 Å². The molecule has 1 heterocycles. The van der Waals surface area contributed by atoms with E-state index in [1.165, 1.54) is 44.6 Å². The Morgan fingerprint density at radius 2 is 1.43 bits per heavy atom. The van der Waals surface area contributed by atoms with Crippen LogP contribution in [-0.4, -0.2) is 58.4 Å². The van der Waals surface area contributed by atoms with Gasteiger partial charge in [0.25, 0.3) is 0 Å². The molecule has 2 aromatic carbocycles. The Kier molecular flexibility index (Phi) is 5.10. The number of aromatic hydroxyl groups is 2. The summed E-state index contributed by atoms with van der Waals surface area (Å²) >= 11 is 0. The van der Waals surface area contributed by atoms with Crippen LogP contribution in [0.15, 0.2) is 36.4 Å². The number of hydrogen-bond acceptors (Lipinski definition) is 8. The average molecular weight is 390 g/mol. The fraction of sp³-hybridized carbons (Fsp3) is 0.350. The van der Waals surface area contributed by atoms with Crippen molar-refractivity contribution in [1.82, 2.24) is 0 Å². The number of benzene rings is 2. The van der Waals surface area contributed by atoms with Crippen molar-refractivity contribution >= 4 is 5.97 Å². The Labute approximate surface area is 161 Å². The zero-order valence-corrected chi connectivity index (χ0v) is 15.5. The van der Waals surface area contributed by atoms with Crippen molar-refractivity contribution in [1.29, 1.82) is 0 Å². The summed E-state index contributed by atoms with van der Waals surface area (Å²) in [6, 6.07) is 8.85. The first-order valence-electron chi connectivity index (χ1n) is 8.56. The third-order valence-corrected chi connectivity index (χ3v) is 4.99. The molecule has 0 bridgehead atoms. The topological polar surface area (TPSA) is 126 Å². The second kappa shape index (κ2) is 7.21. The lowest BCUT2D eigenvalue weighted by molar-refractivity contribution is -0.163. The van der Waals surface area contributed by atoms with Crippen molar-refractivity contribution in [3.8, 4) is 23.0 Å². The molecule has 150 valence electrons. The van der Waals surface area contributed by atoms with E-state index in [-0.39, 0.29) is 42.4 Å². The Morgan fingerprint density at radius 3 is 1.93 bits per heavy atom. The van der Waals surface area contributed by atoms with Crippen LogP contribution < -0.4 is 9.47 Å². The first-order chi connectivity index (χ1) is 13.2. The maximum absolute atomic E-state index is 12.3. The molecule has 0 unspecified atom stereocenters. The molecule has 0 aromatic heterocycles. The number of phenolic OH excluding ortho intramolecular Hbond substituents is 2. The average Bonchev–Trinajstić information content (AvgIpc) is 2.89. The van der Waals surface area contributed by atoms with E-state index in [0.717, 1.165) is 0 Å². The number of carbonyl (C=O) groups is 1. The Hall–Kier alpha value is -2.97. The van der Waals surface area contributed by atoms with Gasteiger partial charge in [-0.3, -0.25) is 0 Å². The lowest BCUT2D eigenvalue weighted by atomic mass is 9.77. The van der Waals surface area contributed by atoms with Crippen LogP contribution in [-0.2, 0) is 22.4 Å². The molecule has 1 saturated heterocycles. The largest absolute Gasteiger partial charge is 0.504 e. The van der Waals surface area contributed by atoms with Gasteiger partial charge >= 0.3 is 5.97 Å². The van der Waals surface area contributed by atoms with Gasteiger partial charge in [0.2, 0.25) is 0 Å². The molecule has 3 rings (SSSR count). The van der Waals surface area contributed by atoms with E-state index < -0.39 is 17.2 Å². The molecular formula is C20H22O8. The van der Waals surface area contributed by atoms with Gasteiger partial charge in [-0.2, -0.15) is 0 Å². The van der Waals surface area contributed by atoms with Crippen LogP contribution in [0.5, 0.6) is 23.0 Å². The molecule has 28 heavy (non-hydrogen) atoms. The number of rotatable bonds is 6. The van der Waals surface area contributed by atoms with Crippen LogP contribution in [0, 0.1) is 0 Å². The smallest absolute Gasteiger partial charge is 0.341 e. The van der Waals surface area contributed by atoms with Gasteiger partial charge in [0.05, 0.1) is 14.2 Å². The van der Waals surface area contributed by atoms with Crippen molar-refractivity contribution in [3.63, 3.8) is 0 Å². The standard InChI is InChI=1S/C20H22O8/c1-26-16-7-12(3-5-14(16)21)9-19(24)11-28-18(23)20(19,25)10-13-4-6-15(22)17(8-13)27-2/h3-8,21-22,24-25H,9-11H2,1-2H3/t19-,20-/m1/s1. The second-order valence-corrected chi connectivity index (χ2v) is 6.83. The molecule has 0 saturated carbocycles. The molecule has 1 fully saturated rings. The molecule has 1 aliphatic heterocycles. The molecule has 0 aliphatic carbocycles. The number of hydrogen-bond donors (Lipinski definition) is 4. The van der Waals surface area contributed by atoms with Crippen LogP contribution >= 0.6 is 0 Å². The zero-order valence-electron chi connectivity index (χ0n) is 15.5. The normalized spacial score (nSPS) is 24.1. The Bertz CT molecular complexity index is 896. The first kappa shape index (κ1) is 19.8. The number of ether oxygens (including phenoxy) is 3. The highest BCUT2D eigenvalue weighted by Crippen LogP contribution is 2.39. The number of carbonyl (C=O) groups excluding carboxylic acids is 1. The second-order valence-electron chi connectivity index (χ2n) is 6.83. The molecule has 4 N–H and O–H groups in total. The van der Waals surface area contributed by atoms with Gasteiger partial charge in [-0.25, -0.2) is 4.79 Å². The number of methoxy groups -OCH3 is 2. The number of phenols is 2. The number of esters is 1. The maximum atomic E-state index is 12.3. The minimum absolute atomic E-state index is 0.0663. The van der Waals surface area contributed by atoms with E-state index in [1.54, 1.807) is 6.07 Å². The summed E-state index contributed by atoms with van der Waals surface area (Å²) in [6.45, 7) is -0.388. The number of cyclic esters (lactones) is 1. The molecule has 2 aromatic rings. The van der Waals surface area contributed by atoms with Crippen LogP contribution in [0.1, 0.15) is 11.1 Å². The first-order valence-corrected chi connectivity index (χ1v) is 8.56. The van der Waals surface area contributed by atoms with E-state index in [4.69, 9.17) is 14.2 Å². The molecule has 0 spiro atoms. The summed E-state index contributed by atoms with van der Waals surface area (Å²) in [7, 11) is 2.77. The van der Waals surface area contributed by atoms with Gasteiger partial charge in [-0.05, 0) is 35.4 Å². The van der Waals surface area contributed by atoms with E-state index >= 15 is 0 Å². The fourth-order valence-corrected chi connectivity index (χ4v) is 3.34. The molecule has 0 amide bonds. The van der Waals surface area contributed by atoms with Gasteiger partial charge in [0.15, 0.2) is 28.6 Å². The molecule has 0 radical (unpaired) electrons. The van der Waals surface area contributed by atoms with Crippen molar-refractivity contribution in [3.05, 3.63) is 47.5 Å². The fourth-order valence-electron chi connectivity index (χ4n) is 3.34. The van der Waals surface area contributed by atoms with Gasteiger partial charge in [0.1, 0.15) is 12.2 Å². The van der Waals surface area contributed by atoms with Crippen molar-refractivity contribution < 1.29 is 39.4 Å². The quantitative estimate of drug-likeness (QED) is 0.537. The van der Waals surface area contributed by atoms with Crippen molar-refractivity contribution in [2.45, 2.75) is 24.0 Å². The highest BCUT2D eigenvalue weighted by atomic mass is 16.6. The van der Waals surface area contributed by atoms with E-state index in [0.29, 0.717) is 11.1 Å². The molecular weight excluding hydrogens is 368 g/mol. The molecule has 1 aliphatic rings. The van der Waals surface area contributed by atoms with E-state index in [2.05, 4.69) is 0 Å². The Balaban J connectivity index is 1.92. The molecule has 8 nitrogen and oxygen atoms in total. The summed E-state index contributed by atoms with van der Waals surface area (Å²) in [4.78, 5) is 12.3. The minimum atomic E-state index is -2.21. The van der Waals surface area contributed by atoms with Gasteiger partial charge < -0.3 is 34.6 Å². The predicted octanol–water partition coefficient (Wildman–Crippen LogP) is 0.919. The van der Waals surface area contributed by atoms with Crippen molar-refractivity contribution in [2.75, 3.05) is 20.8 Å². The number of aliphatic hydroxyl groups is 2. The summed E-state index contributed by atoms with van der Waals surface area (Å²) in [5.41, 5.74) is -3.10. The minimum Gasteiger partial charge on any atom is -0.504 e. The van der Waals surface area contributed by atoms with Crippen LogP contribution in [0.4, 0.5) is 0 Å². The van der Waals surface area contributed by atoms with E-state index in [9.17, 15) is 25.2 Å². The van der Waals surface area contributed by atoms with E-state index in [1.807, 2.05) is 0 Å². The highest BCUT2D eigenvalue weighted by molar-refractivity contribution is 5.84. The lowest BCUT2D eigenvalue weighted by Gasteiger charge is -2.33. The molecule has 8 heteroatoms. The van der Waals surface area contributed by atoms with Crippen LogP contribution in [0.3, 0.4) is 0 Å².